The first kappa shape index (κ1) is 14.2. The lowest BCUT2D eigenvalue weighted by atomic mass is 10.1. The van der Waals surface area contributed by atoms with Gasteiger partial charge in [-0.2, -0.15) is 0 Å². The molecule has 1 aliphatic rings. The van der Waals surface area contributed by atoms with Crippen molar-refractivity contribution in [2.45, 2.75) is 24.6 Å². The van der Waals surface area contributed by atoms with Crippen LogP contribution < -0.4 is 5.32 Å². The minimum absolute atomic E-state index is 0.120. The van der Waals surface area contributed by atoms with E-state index >= 15 is 0 Å². The fourth-order valence-electron chi connectivity index (χ4n) is 2.21. The molecule has 2 unspecified atom stereocenters. The molecule has 18 heavy (non-hydrogen) atoms. The zero-order chi connectivity index (χ0) is 13.1. The summed E-state index contributed by atoms with van der Waals surface area (Å²) in [7, 11) is 0. The van der Waals surface area contributed by atoms with Crippen molar-refractivity contribution in [1.82, 2.24) is 5.32 Å². The molecule has 0 radical (unpaired) electrons. The Morgan fingerprint density at radius 1 is 1.44 bits per heavy atom. The van der Waals surface area contributed by atoms with Crippen LogP contribution in [0.4, 0.5) is 0 Å². The molecule has 1 aliphatic carbocycles. The third kappa shape index (κ3) is 3.62. The molecule has 0 saturated heterocycles. The number of nitrogens with one attached hydrogen (secondary N) is 1. The third-order valence-corrected chi connectivity index (χ3v) is 4.41. The van der Waals surface area contributed by atoms with E-state index in [2.05, 4.69) is 21.2 Å². The van der Waals surface area contributed by atoms with Crippen LogP contribution in [0.1, 0.15) is 29.6 Å². The van der Waals surface area contributed by atoms with Gasteiger partial charge in [0, 0.05) is 16.4 Å². The summed E-state index contributed by atoms with van der Waals surface area (Å²) in [5.41, 5.74) is 0.514. The number of carbonyl (C=O) groups is 1. The lowest BCUT2D eigenvalue weighted by Gasteiger charge is -2.11. The number of hydrogen-bond donors (Lipinski definition) is 1. The maximum atomic E-state index is 12.0. The Bertz CT molecular complexity index is 453. The van der Waals surface area contributed by atoms with E-state index in [0.29, 0.717) is 23.0 Å². The van der Waals surface area contributed by atoms with Gasteiger partial charge < -0.3 is 5.32 Å². The maximum absolute atomic E-state index is 12.0. The largest absolute Gasteiger partial charge is 0.352 e. The van der Waals surface area contributed by atoms with E-state index in [0.717, 1.165) is 23.7 Å². The van der Waals surface area contributed by atoms with Gasteiger partial charge in [0.2, 0.25) is 0 Å². The smallest absolute Gasteiger partial charge is 0.252 e. The van der Waals surface area contributed by atoms with E-state index in [-0.39, 0.29) is 11.3 Å². The molecular formula is C13H14BrCl2NO. The van der Waals surface area contributed by atoms with Gasteiger partial charge in [-0.3, -0.25) is 4.79 Å². The molecule has 0 aliphatic heterocycles. The van der Waals surface area contributed by atoms with E-state index in [1.165, 1.54) is 0 Å². The van der Waals surface area contributed by atoms with Crippen LogP contribution in [0, 0.1) is 5.92 Å². The summed E-state index contributed by atoms with van der Waals surface area (Å²) >= 11 is 15.4. The molecule has 98 valence electrons. The summed E-state index contributed by atoms with van der Waals surface area (Å²) in [6.45, 7) is 0.675. The number of alkyl halides is 1. The average molecular weight is 351 g/mol. The van der Waals surface area contributed by atoms with Crippen LogP contribution in [0.15, 0.2) is 22.7 Å². The van der Waals surface area contributed by atoms with Gasteiger partial charge >= 0.3 is 0 Å². The van der Waals surface area contributed by atoms with Crippen molar-refractivity contribution in [3.8, 4) is 0 Å². The molecule has 2 nitrogen and oxygen atoms in total. The minimum Gasteiger partial charge on any atom is -0.352 e. The quantitative estimate of drug-likeness (QED) is 0.811. The number of benzene rings is 1. The van der Waals surface area contributed by atoms with Gasteiger partial charge in [-0.05, 0) is 43.4 Å². The van der Waals surface area contributed by atoms with Crippen LogP contribution in [-0.4, -0.2) is 17.8 Å². The van der Waals surface area contributed by atoms with Gasteiger partial charge in [0.15, 0.2) is 0 Å². The Hall–Kier alpha value is -0.250. The van der Waals surface area contributed by atoms with Crippen LogP contribution in [0.5, 0.6) is 0 Å². The van der Waals surface area contributed by atoms with Gasteiger partial charge in [-0.15, -0.1) is 11.6 Å². The molecule has 0 bridgehead atoms. The van der Waals surface area contributed by atoms with Crippen molar-refractivity contribution in [2.24, 2.45) is 5.92 Å². The van der Waals surface area contributed by atoms with Gasteiger partial charge in [-0.1, -0.05) is 27.5 Å². The highest BCUT2D eigenvalue weighted by Gasteiger charge is 2.23. The molecule has 0 aromatic heterocycles. The second kappa shape index (κ2) is 6.27. The summed E-state index contributed by atoms with van der Waals surface area (Å²) < 4.78 is 0.866. The molecule has 1 saturated carbocycles. The lowest BCUT2D eigenvalue weighted by Crippen LogP contribution is -2.28. The summed E-state index contributed by atoms with van der Waals surface area (Å²) in [4.78, 5) is 12.0. The van der Waals surface area contributed by atoms with Gasteiger partial charge in [0.25, 0.3) is 5.91 Å². The Labute approximate surface area is 125 Å². The molecule has 1 amide bonds. The first-order chi connectivity index (χ1) is 8.56. The molecule has 1 aromatic rings. The maximum Gasteiger partial charge on any atom is 0.252 e. The van der Waals surface area contributed by atoms with E-state index in [4.69, 9.17) is 23.2 Å². The molecule has 0 heterocycles. The third-order valence-electron chi connectivity index (χ3n) is 3.20. The highest BCUT2D eigenvalue weighted by molar-refractivity contribution is 9.10. The summed E-state index contributed by atoms with van der Waals surface area (Å²) in [6.07, 6.45) is 3.11. The first-order valence-corrected chi connectivity index (χ1v) is 7.54. The predicted octanol–water partition coefficient (Wildman–Crippen LogP) is 4.24. The molecule has 5 heteroatoms. The number of amides is 1. The molecule has 2 atom stereocenters. The van der Waals surface area contributed by atoms with Crippen LogP contribution in [0.2, 0.25) is 5.02 Å². The lowest BCUT2D eigenvalue weighted by molar-refractivity contribution is 0.0947. The molecule has 1 aromatic carbocycles. The molecular weight excluding hydrogens is 337 g/mol. The number of rotatable bonds is 3. The zero-order valence-electron chi connectivity index (χ0n) is 9.76. The van der Waals surface area contributed by atoms with E-state index in [1.807, 2.05) is 6.07 Å². The average Bonchev–Trinajstić information content (AvgIpc) is 2.72. The highest BCUT2D eigenvalue weighted by Crippen LogP contribution is 2.29. The van der Waals surface area contributed by atoms with Crippen molar-refractivity contribution >= 4 is 45.0 Å². The zero-order valence-corrected chi connectivity index (χ0v) is 12.9. The van der Waals surface area contributed by atoms with Crippen LogP contribution in [-0.2, 0) is 0 Å². The Morgan fingerprint density at radius 2 is 2.22 bits per heavy atom. The summed E-state index contributed by atoms with van der Waals surface area (Å²) in [6, 6.07) is 5.26. The summed E-state index contributed by atoms with van der Waals surface area (Å²) in [5, 5.41) is 3.65. The number of halogens is 3. The van der Waals surface area contributed by atoms with E-state index in [1.54, 1.807) is 12.1 Å². The van der Waals surface area contributed by atoms with Crippen molar-refractivity contribution in [3.63, 3.8) is 0 Å². The SMILES string of the molecule is O=C(NCC1CCC(Cl)C1)c1ccc(Br)cc1Cl. The molecule has 1 N–H and O–H groups in total. The van der Waals surface area contributed by atoms with Crippen molar-refractivity contribution in [3.05, 3.63) is 33.3 Å². The fourth-order valence-corrected chi connectivity index (χ4v) is 3.34. The fraction of sp³-hybridized carbons (Fsp3) is 0.462. The second-order valence-electron chi connectivity index (χ2n) is 4.61. The minimum atomic E-state index is -0.120. The molecule has 1 fully saturated rings. The van der Waals surface area contributed by atoms with Crippen LogP contribution in [0.3, 0.4) is 0 Å². The highest BCUT2D eigenvalue weighted by atomic mass is 79.9. The van der Waals surface area contributed by atoms with E-state index in [9.17, 15) is 4.79 Å². The Balaban J connectivity index is 1.91. The van der Waals surface area contributed by atoms with Gasteiger partial charge in [0.05, 0.1) is 10.6 Å². The number of hydrogen-bond acceptors (Lipinski definition) is 1. The van der Waals surface area contributed by atoms with Crippen molar-refractivity contribution < 1.29 is 4.79 Å². The van der Waals surface area contributed by atoms with Crippen molar-refractivity contribution in [1.29, 1.82) is 0 Å². The predicted molar refractivity (Wildman–Crippen MR) is 78.5 cm³/mol. The standard InChI is InChI=1S/C13H14BrCl2NO/c14-9-2-4-11(12(16)6-9)13(18)17-7-8-1-3-10(15)5-8/h2,4,6,8,10H,1,3,5,7H2,(H,17,18). The molecule has 0 spiro atoms. The Morgan fingerprint density at radius 3 is 2.83 bits per heavy atom. The monoisotopic (exact) mass is 349 g/mol. The Kier molecular flexibility index (Phi) is 4.93. The second-order valence-corrected chi connectivity index (χ2v) is 6.55. The van der Waals surface area contributed by atoms with Gasteiger partial charge in [-0.25, -0.2) is 0 Å². The van der Waals surface area contributed by atoms with Gasteiger partial charge in [0.1, 0.15) is 0 Å². The topological polar surface area (TPSA) is 29.1 Å². The number of carbonyl (C=O) groups excluding carboxylic acids is 1. The first-order valence-electron chi connectivity index (χ1n) is 5.93. The normalized spacial score (nSPS) is 23.1. The van der Waals surface area contributed by atoms with Crippen LogP contribution >= 0.6 is 39.1 Å². The van der Waals surface area contributed by atoms with Crippen LogP contribution in [0.25, 0.3) is 0 Å². The van der Waals surface area contributed by atoms with Crippen molar-refractivity contribution in [2.75, 3.05) is 6.54 Å². The van der Waals surface area contributed by atoms with E-state index < -0.39 is 0 Å². The molecule has 2 rings (SSSR count). The summed E-state index contributed by atoms with van der Waals surface area (Å²) in [5.74, 6) is 0.371.